The molecule has 30 heavy (non-hydrogen) atoms. The molecule has 0 spiro atoms. The summed E-state index contributed by atoms with van der Waals surface area (Å²) in [4.78, 5) is 15.8. The molecule has 0 saturated heterocycles. The van der Waals surface area contributed by atoms with Gasteiger partial charge in [-0.3, -0.25) is 4.79 Å². The Morgan fingerprint density at radius 1 is 1.07 bits per heavy atom. The molecular formula is C23H32N4O3. The molecule has 2 aromatic rings. The lowest BCUT2D eigenvalue weighted by Gasteiger charge is -2.14. The fraction of sp³-hybridized carbons (Fsp3) is 0.391. The molecule has 0 aliphatic carbocycles. The van der Waals surface area contributed by atoms with Crippen LogP contribution in [-0.2, 0) is 11.3 Å². The smallest absolute Gasteiger partial charge is 0.221 e. The van der Waals surface area contributed by atoms with Crippen molar-refractivity contribution in [1.82, 2.24) is 10.6 Å². The Morgan fingerprint density at radius 3 is 2.63 bits per heavy atom. The minimum atomic E-state index is -0.110. The number of nitrogens with one attached hydrogen (secondary N) is 3. The Labute approximate surface area is 178 Å². The van der Waals surface area contributed by atoms with E-state index in [-0.39, 0.29) is 5.91 Å². The van der Waals surface area contributed by atoms with Crippen LogP contribution in [0, 0.1) is 6.92 Å². The predicted octanol–water partition coefficient (Wildman–Crippen LogP) is 3.49. The molecule has 0 atom stereocenters. The number of carbonyl (C=O) groups is 1. The van der Waals surface area contributed by atoms with Gasteiger partial charge < -0.3 is 25.4 Å². The van der Waals surface area contributed by atoms with Crippen LogP contribution < -0.4 is 25.4 Å². The third kappa shape index (κ3) is 8.03. The molecule has 162 valence electrons. The van der Waals surface area contributed by atoms with Crippen molar-refractivity contribution in [3.8, 4) is 11.5 Å². The van der Waals surface area contributed by atoms with E-state index >= 15 is 0 Å². The second kappa shape index (κ2) is 12.4. The number of aliphatic imine (C=N–C) groups is 1. The summed E-state index contributed by atoms with van der Waals surface area (Å²) in [5.41, 5.74) is 2.92. The number of amides is 1. The van der Waals surface area contributed by atoms with E-state index in [0.29, 0.717) is 37.7 Å². The minimum absolute atomic E-state index is 0.110. The summed E-state index contributed by atoms with van der Waals surface area (Å²) in [5, 5.41) is 9.26. The van der Waals surface area contributed by atoms with Crippen LogP contribution in [0.15, 0.2) is 47.5 Å². The number of guanidine groups is 1. The molecule has 7 nitrogen and oxygen atoms in total. The lowest BCUT2D eigenvalue weighted by molar-refractivity contribution is -0.114. The zero-order valence-electron chi connectivity index (χ0n) is 18.2. The maximum absolute atomic E-state index is 11.2. The minimum Gasteiger partial charge on any atom is -0.494 e. The van der Waals surface area contributed by atoms with E-state index in [0.717, 1.165) is 29.4 Å². The number of anilines is 1. The Hall–Kier alpha value is -3.22. The monoisotopic (exact) mass is 412 g/mol. The van der Waals surface area contributed by atoms with E-state index in [1.54, 1.807) is 6.07 Å². The zero-order valence-corrected chi connectivity index (χ0v) is 18.2. The van der Waals surface area contributed by atoms with Gasteiger partial charge in [0.25, 0.3) is 0 Å². The Morgan fingerprint density at radius 2 is 1.90 bits per heavy atom. The summed E-state index contributed by atoms with van der Waals surface area (Å²) in [6.07, 6.45) is 0. The number of rotatable bonds is 10. The Kier molecular flexibility index (Phi) is 9.51. The molecule has 7 heteroatoms. The van der Waals surface area contributed by atoms with Crippen LogP contribution in [0.2, 0.25) is 0 Å². The van der Waals surface area contributed by atoms with Crippen molar-refractivity contribution in [2.45, 2.75) is 34.2 Å². The number of benzene rings is 2. The van der Waals surface area contributed by atoms with Gasteiger partial charge in [0.15, 0.2) is 5.96 Å². The van der Waals surface area contributed by atoms with Gasteiger partial charge in [-0.15, -0.1) is 0 Å². The summed E-state index contributed by atoms with van der Waals surface area (Å²) in [6, 6.07) is 13.5. The van der Waals surface area contributed by atoms with E-state index in [1.165, 1.54) is 6.92 Å². The predicted molar refractivity (Wildman–Crippen MR) is 121 cm³/mol. The molecule has 0 unspecified atom stereocenters. The van der Waals surface area contributed by atoms with Gasteiger partial charge in [0.05, 0.1) is 19.7 Å². The van der Waals surface area contributed by atoms with E-state index in [2.05, 4.69) is 33.1 Å². The molecule has 0 bridgehead atoms. The summed E-state index contributed by atoms with van der Waals surface area (Å²) in [5.74, 6) is 2.18. The van der Waals surface area contributed by atoms with E-state index in [9.17, 15) is 4.79 Å². The lowest BCUT2D eigenvalue weighted by Crippen LogP contribution is -2.39. The molecule has 2 aromatic carbocycles. The SMILES string of the molecule is CCNC(=NCc1ccc(C)cc1OCC)NCCOc1cccc(NC(C)=O)c1. The lowest BCUT2D eigenvalue weighted by atomic mass is 10.1. The first-order valence-electron chi connectivity index (χ1n) is 10.3. The zero-order chi connectivity index (χ0) is 21.8. The van der Waals surface area contributed by atoms with Crippen LogP contribution in [0.4, 0.5) is 5.69 Å². The van der Waals surface area contributed by atoms with Crippen molar-refractivity contribution in [1.29, 1.82) is 0 Å². The second-order valence-corrected chi connectivity index (χ2v) is 6.72. The molecule has 0 saturated carbocycles. The second-order valence-electron chi connectivity index (χ2n) is 6.72. The fourth-order valence-corrected chi connectivity index (χ4v) is 2.79. The molecule has 0 radical (unpaired) electrons. The summed E-state index contributed by atoms with van der Waals surface area (Å²) in [7, 11) is 0. The maximum Gasteiger partial charge on any atom is 0.221 e. The van der Waals surface area contributed by atoms with Crippen molar-refractivity contribution in [3.05, 3.63) is 53.6 Å². The van der Waals surface area contributed by atoms with E-state index in [4.69, 9.17) is 9.47 Å². The van der Waals surface area contributed by atoms with Gasteiger partial charge in [0.1, 0.15) is 18.1 Å². The topological polar surface area (TPSA) is 84.0 Å². The molecular weight excluding hydrogens is 380 g/mol. The summed E-state index contributed by atoms with van der Waals surface area (Å²) in [6.45, 7) is 10.5. The van der Waals surface area contributed by atoms with Crippen LogP contribution in [0.1, 0.15) is 31.9 Å². The Bertz CT molecular complexity index is 852. The number of hydrogen-bond acceptors (Lipinski definition) is 4. The molecule has 0 fully saturated rings. The standard InChI is InChI=1S/C23H32N4O3/c1-5-24-23(26-16-19-11-10-17(3)14-22(19)29-6-2)25-12-13-30-21-9-7-8-20(15-21)27-18(4)28/h7-11,14-15H,5-6,12-13,16H2,1-4H3,(H,27,28)(H2,24,25,26). The number of nitrogens with zero attached hydrogens (tertiary/aromatic N) is 1. The first kappa shape index (κ1) is 23.1. The van der Waals surface area contributed by atoms with E-state index < -0.39 is 0 Å². The number of carbonyl (C=O) groups excluding carboxylic acids is 1. The van der Waals surface area contributed by atoms with Crippen molar-refractivity contribution in [3.63, 3.8) is 0 Å². The largest absolute Gasteiger partial charge is 0.494 e. The summed E-state index contributed by atoms with van der Waals surface area (Å²) >= 11 is 0. The highest BCUT2D eigenvalue weighted by molar-refractivity contribution is 5.88. The van der Waals surface area contributed by atoms with Crippen molar-refractivity contribution in [2.75, 3.05) is 31.6 Å². The van der Waals surface area contributed by atoms with Crippen LogP contribution in [0.3, 0.4) is 0 Å². The third-order valence-corrected chi connectivity index (χ3v) is 4.09. The molecule has 0 aromatic heterocycles. The number of hydrogen-bond donors (Lipinski definition) is 3. The van der Waals surface area contributed by atoms with Crippen molar-refractivity contribution in [2.24, 2.45) is 4.99 Å². The van der Waals surface area contributed by atoms with Gasteiger partial charge in [0, 0.05) is 30.8 Å². The van der Waals surface area contributed by atoms with Gasteiger partial charge in [0.2, 0.25) is 5.91 Å². The van der Waals surface area contributed by atoms with E-state index in [1.807, 2.05) is 45.0 Å². The van der Waals surface area contributed by atoms with Gasteiger partial charge >= 0.3 is 0 Å². The average Bonchev–Trinajstić information content (AvgIpc) is 2.70. The molecule has 2 rings (SSSR count). The van der Waals surface area contributed by atoms with Crippen molar-refractivity contribution < 1.29 is 14.3 Å². The molecule has 0 heterocycles. The van der Waals surface area contributed by atoms with Crippen molar-refractivity contribution >= 4 is 17.6 Å². The van der Waals surface area contributed by atoms with Gasteiger partial charge in [-0.05, 0) is 44.5 Å². The molecule has 0 aliphatic rings. The normalized spacial score (nSPS) is 11.0. The average molecular weight is 413 g/mol. The van der Waals surface area contributed by atoms with Gasteiger partial charge in [-0.1, -0.05) is 18.2 Å². The first-order valence-corrected chi connectivity index (χ1v) is 10.3. The van der Waals surface area contributed by atoms with Crippen LogP contribution in [-0.4, -0.2) is 38.2 Å². The molecule has 3 N–H and O–H groups in total. The third-order valence-electron chi connectivity index (χ3n) is 4.09. The highest BCUT2D eigenvalue weighted by Crippen LogP contribution is 2.21. The number of ether oxygens (including phenoxy) is 2. The Balaban J connectivity index is 1.89. The fourth-order valence-electron chi connectivity index (χ4n) is 2.79. The quantitative estimate of drug-likeness (QED) is 0.316. The van der Waals surface area contributed by atoms with Gasteiger partial charge in [-0.2, -0.15) is 0 Å². The van der Waals surface area contributed by atoms with Gasteiger partial charge in [-0.25, -0.2) is 4.99 Å². The highest BCUT2D eigenvalue weighted by atomic mass is 16.5. The number of aryl methyl sites for hydroxylation is 1. The molecule has 1 amide bonds. The first-order chi connectivity index (χ1) is 14.5. The van der Waals surface area contributed by atoms with Crippen LogP contribution >= 0.6 is 0 Å². The summed E-state index contributed by atoms with van der Waals surface area (Å²) < 4.78 is 11.5. The maximum atomic E-state index is 11.2. The van der Waals surface area contributed by atoms with Crippen LogP contribution in [0.25, 0.3) is 0 Å². The molecule has 0 aliphatic heterocycles. The highest BCUT2D eigenvalue weighted by Gasteiger charge is 2.05. The van der Waals surface area contributed by atoms with Crippen LogP contribution in [0.5, 0.6) is 11.5 Å².